The summed E-state index contributed by atoms with van der Waals surface area (Å²) in [6.07, 6.45) is -4.36. The molecule has 0 bridgehead atoms. The summed E-state index contributed by atoms with van der Waals surface area (Å²) >= 11 is 3.99. The molecule has 80 valence electrons. The highest BCUT2D eigenvalue weighted by atomic mass is 79.9. The third kappa shape index (κ3) is 1.98. The fraction of sp³-hybridized carbons (Fsp3) is 0.250. The molecular formula is C8H4BrF3N2S. The minimum absolute atomic E-state index is 0.0694. The fourth-order valence-electron chi connectivity index (χ4n) is 1.22. The van der Waals surface area contributed by atoms with E-state index in [1.165, 1.54) is 6.92 Å². The first-order valence-electron chi connectivity index (χ1n) is 3.89. The van der Waals surface area contributed by atoms with Gasteiger partial charge in [0.2, 0.25) is 0 Å². The van der Waals surface area contributed by atoms with E-state index in [0.717, 1.165) is 17.4 Å². The normalized spacial score (nSPS) is 12.3. The number of halogens is 4. The molecule has 0 fully saturated rings. The van der Waals surface area contributed by atoms with Crippen LogP contribution in [0, 0.1) is 6.92 Å². The highest BCUT2D eigenvalue weighted by molar-refractivity contribution is 9.11. The van der Waals surface area contributed by atoms with E-state index in [0.29, 0.717) is 9.61 Å². The molecule has 0 atom stereocenters. The van der Waals surface area contributed by atoms with Gasteiger partial charge in [-0.15, -0.1) is 11.3 Å². The van der Waals surface area contributed by atoms with Gasteiger partial charge in [0.25, 0.3) is 0 Å². The van der Waals surface area contributed by atoms with Crippen LogP contribution in [0.15, 0.2) is 9.98 Å². The maximum atomic E-state index is 12.6. The number of hydrogen-bond acceptors (Lipinski definition) is 3. The molecule has 2 nitrogen and oxygen atoms in total. The summed E-state index contributed by atoms with van der Waals surface area (Å²) in [4.78, 5) is 7.81. The SMILES string of the molecule is Cc1cc(C(F)(F)F)c2sc(Br)nc2n1. The number of aromatic nitrogens is 2. The van der Waals surface area contributed by atoms with Crippen LogP contribution in [0.2, 0.25) is 0 Å². The minimum atomic E-state index is -4.36. The average Bonchev–Trinajstić information content (AvgIpc) is 2.41. The number of thiazole rings is 1. The minimum Gasteiger partial charge on any atom is -0.233 e. The molecule has 0 radical (unpaired) electrons. The zero-order chi connectivity index (χ0) is 11.2. The van der Waals surface area contributed by atoms with Gasteiger partial charge in [0, 0.05) is 5.69 Å². The third-order valence-corrected chi connectivity index (χ3v) is 3.30. The number of aryl methyl sites for hydroxylation is 1. The van der Waals surface area contributed by atoms with Crippen molar-refractivity contribution in [3.8, 4) is 0 Å². The van der Waals surface area contributed by atoms with E-state index < -0.39 is 11.7 Å². The van der Waals surface area contributed by atoms with Crippen LogP contribution in [0.3, 0.4) is 0 Å². The molecule has 15 heavy (non-hydrogen) atoms. The first kappa shape index (κ1) is 10.8. The molecule has 0 N–H and O–H groups in total. The molecular weight excluding hydrogens is 293 g/mol. The van der Waals surface area contributed by atoms with Crippen LogP contribution in [-0.2, 0) is 6.18 Å². The summed E-state index contributed by atoms with van der Waals surface area (Å²) in [6.45, 7) is 1.52. The van der Waals surface area contributed by atoms with Gasteiger partial charge in [-0.25, -0.2) is 9.97 Å². The third-order valence-electron chi connectivity index (χ3n) is 1.77. The second kappa shape index (κ2) is 3.41. The van der Waals surface area contributed by atoms with E-state index in [9.17, 15) is 13.2 Å². The summed E-state index contributed by atoms with van der Waals surface area (Å²) in [5.74, 6) is 0. The van der Waals surface area contributed by atoms with Gasteiger partial charge in [0.15, 0.2) is 9.56 Å². The summed E-state index contributed by atoms with van der Waals surface area (Å²) in [7, 11) is 0. The van der Waals surface area contributed by atoms with Gasteiger partial charge in [0.1, 0.15) is 0 Å². The van der Waals surface area contributed by atoms with Gasteiger partial charge in [-0.3, -0.25) is 0 Å². The molecule has 2 aromatic rings. The largest absolute Gasteiger partial charge is 0.417 e. The van der Waals surface area contributed by atoms with Crippen LogP contribution in [0.1, 0.15) is 11.3 Å². The molecule has 0 aliphatic carbocycles. The molecule has 2 aromatic heterocycles. The van der Waals surface area contributed by atoms with E-state index in [1.807, 2.05) is 0 Å². The quantitative estimate of drug-likeness (QED) is 0.739. The topological polar surface area (TPSA) is 25.8 Å². The standard InChI is InChI=1S/C8H4BrF3N2S/c1-3-2-4(8(10,11)12)5-6(13-3)14-7(9)15-5/h2H,1H3. The van der Waals surface area contributed by atoms with Crippen LogP contribution in [0.4, 0.5) is 13.2 Å². The second-order valence-electron chi connectivity index (χ2n) is 2.93. The zero-order valence-corrected chi connectivity index (χ0v) is 9.79. The summed E-state index contributed by atoms with van der Waals surface area (Å²) in [6, 6.07) is 1.03. The van der Waals surface area contributed by atoms with Crippen molar-refractivity contribution >= 4 is 37.6 Å². The molecule has 2 rings (SSSR count). The Kier molecular flexibility index (Phi) is 2.46. The van der Waals surface area contributed by atoms with Gasteiger partial charge in [-0.1, -0.05) is 0 Å². The first-order valence-corrected chi connectivity index (χ1v) is 5.50. The second-order valence-corrected chi connectivity index (χ2v) is 5.20. The first-order chi connectivity index (χ1) is 6.88. The molecule has 0 saturated carbocycles. The Morgan fingerprint density at radius 2 is 2.00 bits per heavy atom. The lowest BCUT2D eigenvalue weighted by Gasteiger charge is -2.07. The maximum absolute atomic E-state index is 12.6. The van der Waals surface area contributed by atoms with E-state index in [4.69, 9.17) is 0 Å². The van der Waals surface area contributed by atoms with Gasteiger partial charge in [-0.2, -0.15) is 13.2 Å². The monoisotopic (exact) mass is 296 g/mol. The van der Waals surface area contributed by atoms with Crippen molar-refractivity contribution in [2.45, 2.75) is 13.1 Å². The highest BCUT2D eigenvalue weighted by Crippen LogP contribution is 2.38. The zero-order valence-electron chi connectivity index (χ0n) is 7.39. The molecule has 0 amide bonds. The van der Waals surface area contributed by atoms with Gasteiger partial charge in [0.05, 0.1) is 10.3 Å². The van der Waals surface area contributed by atoms with Crippen LogP contribution >= 0.6 is 27.3 Å². The van der Waals surface area contributed by atoms with Gasteiger partial charge < -0.3 is 0 Å². The van der Waals surface area contributed by atoms with E-state index in [2.05, 4.69) is 25.9 Å². The van der Waals surface area contributed by atoms with Gasteiger partial charge >= 0.3 is 6.18 Å². The maximum Gasteiger partial charge on any atom is 0.417 e. The molecule has 0 aliphatic rings. The van der Waals surface area contributed by atoms with Crippen LogP contribution in [-0.4, -0.2) is 9.97 Å². The Hall–Kier alpha value is -0.690. The van der Waals surface area contributed by atoms with Crippen molar-refractivity contribution in [2.75, 3.05) is 0 Å². The van der Waals surface area contributed by atoms with Crippen LogP contribution in [0.25, 0.3) is 10.3 Å². The Bertz CT molecular complexity index is 520. The summed E-state index contributed by atoms with van der Waals surface area (Å²) in [5, 5.41) is 0. The van der Waals surface area contributed by atoms with E-state index in [-0.39, 0.29) is 10.3 Å². The number of pyridine rings is 1. The van der Waals surface area contributed by atoms with Crippen LogP contribution < -0.4 is 0 Å². The number of fused-ring (bicyclic) bond motifs is 1. The predicted octanol–water partition coefficient (Wildman–Crippen LogP) is 3.78. The van der Waals surface area contributed by atoms with Crippen LogP contribution in [0.5, 0.6) is 0 Å². The molecule has 2 heterocycles. The van der Waals surface area contributed by atoms with Crippen molar-refractivity contribution in [2.24, 2.45) is 0 Å². The molecule has 0 unspecified atom stereocenters. The molecule has 0 aromatic carbocycles. The fourth-order valence-corrected chi connectivity index (χ4v) is 2.64. The Labute approximate surface area is 95.3 Å². The lowest BCUT2D eigenvalue weighted by Crippen LogP contribution is -2.06. The van der Waals surface area contributed by atoms with Crippen molar-refractivity contribution in [1.29, 1.82) is 0 Å². The molecule has 0 saturated heterocycles. The van der Waals surface area contributed by atoms with Crippen molar-refractivity contribution < 1.29 is 13.2 Å². The predicted molar refractivity (Wildman–Crippen MR) is 54.9 cm³/mol. The smallest absolute Gasteiger partial charge is 0.233 e. The number of hydrogen-bond donors (Lipinski definition) is 0. The Balaban J connectivity index is 2.82. The number of rotatable bonds is 0. The van der Waals surface area contributed by atoms with Crippen molar-refractivity contribution in [3.63, 3.8) is 0 Å². The summed E-state index contributed by atoms with van der Waals surface area (Å²) < 4.78 is 38.4. The van der Waals surface area contributed by atoms with Gasteiger partial charge in [-0.05, 0) is 28.9 Å². The Morgan fingerprint density at radius 1 is 1.33 bits per heavy atom. The molecule has 0 spiro atoms. The molecule has 0 aliphatic heterocycles. The number of alkyl halides is 3. The van der Waals surface area contributed by atoms with E-state index >= 15 is 0 Å². The Morgan fingerprint density at radius 3 is 2.60 bits per heavy atom. The van der Waals surface area contributed by atoms with Crippen molar-refractivity contribution in [3.05, 3.63) is 21.2 Å². The molecule has 7 heteroatoms. The summed E-state index contributed by atoms with van der Waals surface area (Å²) in [5.41, 5.74) is -0.222. The average molecular weight is 297 g/mol. The van der Waals surface area contributed by atoms with Crippen molar-refractivity contribution in [1.82, 2.24) is 9.97 Å². The lowest BCUT2D eigenvalue weighted by atomic mass is 10.2. The number of nitrogens with zero attached hydrogens (tertiary/aromatic N) is 2. The van der Waals surface area contributed by atoms with E-state index in [1.54, 1.807) is 0 Å². The highest BCUT2D eigenvalue weighted by Gasteiger charge is 2.34. The lowest BCUT2D eigenvalue weighted by molar-refractivity contribution is -0.136.